The average Bonchev–Trinajstić information content (AvgIpc) is 2.32. The fourth-order valence-electron chi connectivity index (χ4n) is 1.45. The maximum atomic E-state index is 13.0. The summed E-state index contributed by atoms with van der Waals surface area (Å²) in [7, 11) is 0. The lowest BCUT2D eigenvalue weighted by atomic mass is 10.1. The lowest BCUT2D eigenvalue weighted by molar-refractivity contribution is 0.0697. The molecule has 3 nitrogen and oxygen atoms in total. The summed E-state index contributed by atoms with van der Waals surface area (Å²) in [6.07, 6.45) is 1.39. The predicted octanol–water partition coefficient (Wildman–Crippen LogP) is 2.73. The molecule has 2 rings (SSSR count). The van der Waals surface area contributed by atoms with E-state index in [9.17, 15) is 13.6 Å². The van der Waals surface area contributed by atoms with Crippen molar-refractivity contribution in [2.24, 2.45) is 0 Å². The predicted molar refractivity (Wildman–Crippen MR) is 56.5 cm³/mol. The first kappa shape index (κ1) is 11.2. The minimum absolute atomic E-state index is 0.0569. The molecule has 0 fully saturated rings. The zero-order valence-corrected chi connectivity index (χ0v) is 8.52. The van der Waals surface area contributed by atoms with Crippen LogP contribution in [0.3, 0.4) is 0 Å². The molecule has 0 spiro atoms. The fourth-order valence-corrected chi connectivity index (χ4v) is 1.45. The van der Waals surface area contributed by atoms with Crippen molar-refractivity contribution in [3.8, 4) is 11.3 Å². The number of benzene rings is 1. The van der Waals surface area contributed by atoms with Crippen LogP contribution in [0, 0.1) is 11.6 Å². The SMILES string of the molecule is O=C(O)c1cccnc1-c1ccc(F)c(F)c1. The molecule has 2 aromatic rings. The third kappa shape index (κ3) is 2.13. The number of hydrogen-bond donors (Lipinski definition) is 1. The van der Waals surface area contributed by atoms with Crippen molar-refractivity contribution >= 4 is 5.97 Å². The van der Waals surface area contributed by atoms with Crippen LogP contribution in [-0.4, -0.2) is 16.1 Å². The van der Waals surface area contributed by atoms with E-state index in [0.717, 1.165) is 12.1 Å². The number of carboxylic acids is 1. The molecule has 17 heavy (non-hydrogen) atoms. The van der Waals surface area contributed by atoms with Gasteiger partial charge in [0.05, 0.1) is 11.3 Å². The highest BCUT2D eigenvalue weighted by molar-refractivity contribution is 5.94. The molecule has 0 saturated carbocycles. The monoisotopic (exact) mass is 235 g/mol. The summed E-state index contributed by atoms with van der Waals surface area (Å²) in [6.45, 7) is 0. The van der Waals surface area contributed by atoms with E-state index in [1.165, 1.54) is 24.4 Å². The molecule has 1 heterocycles. The summed E-state index contributed by atoms with van der Waals surface area (Å²) in [5.74, 6) is -3.19. The number of nitrogens with zero attached hydrogens (tertiary/aromatic N) is 1. The molecule has 5 heteroatoms. The van der Waals surface area contributed by atoms with Gasteiger partial charge in [-0.2, -0.15) is 0 Å². The van der Waals surface area contributed by atoms with Gasteiger partial charge in [0.25, 0.3) is 0 Å². The normalized spacial score (nSPS) is 10.2. The Bertz CT molecular complexity index is 584. The van der Waals surface area contributed by atoms with Crippen LogP contribution in [0.1, 0.15) is 10.4 Å². The van der Waals surface area contributed by atoms with Crippen molar-refractivity contribution in [2.45, 2.75) is 0 Å². The second-order valence-electron chi connectivity index (χ2n) is 3.33. The molecule has 1 aromatic heterocycles. The van der Waals surface area contributed by atoms with Crippen LogP contribution in [0.25, 0.3) is 11.3 Å². The van der Waals surface area contributed by atoms with E-state index in [-0.39, 0.29) is 16.8 Å². The molecule has 0 bridgehead atoms. The summed E-state index contributed by atoms with van der Waals surface area (Å²) < 4.78 is 25.8. The van der Waals surface area contributed by atoms with Crippen LogP contribution in [0.2, 0.25) is 0 Å². The number of aromatic carboxylic acids is 1. The van der Waals surface area contributed by atoms with Crippen molar-refractivity contribution in [2.75, 3.05) is 0 Å². The maximum Gasteiger partial charge on any atom is 0.337 e. The van der Waals surface area contributed by atoms with Gasteiger partial charge < -0.3 is 5.11 Å². The van der Waals surface area contributed by atoms with Crippen LogP contribution in [0.5, 0.6) is 0 Å². The molecule has 0 aliphatic rings. The number of halogens is 2. The quantitative estimate of drug-likeness (QED) is 0.870. The molecular formula is C12H7F2NO2. The van der Waals surface area contributed by atoms with E-state index in [1.807, 2.05) is 0 Å². The number of aromatic nitrogens is 1. The Labute approximate surface area is 95.4 Å². The van der Waals surface area contributed by atoms with Gasteiger partial charge in [0.2, 0.25) is 0 Å². The summed E-state index contributed by atoms with van der Waals surface area (Å²) in [5, 5.41) is 8.94. The number of hydrogen-bond acceptors (Lipinski definition) is 2. The smallest absolute Gasteiger partial charge is 0.337 e. The van der Waals surface area contributed by atoms with Crippen LogP contribution in [0.15, 0.2) is 36.5 Å². The molecule has 0 atom stereocenters. The van der Waals surface area contributed by atoms with Gasteiger partial charge in [-0.25, -0.2) is 13.6 Å². The fraction of sp³-hybridized carbons (Fsp3) is 0. The summed E-state index contributed by atoms with van der Waals surface area (Å²) in [5.41, 5.74) is 0.277. The topological polar surface area (TPSA) is 50.2 Å². The average molecular weight is 235 g/mol. The molecule has 86 valence electrons. The van der Waals surface area contributed by atoms with Gasteiger partial charge in [0.15, 0.2) is 11.6 Å². The van der Waals surface area contributed by atoms with Gasteiger partial charge in [-0.15, -0.1) is 0 Å². The van der Waals surface area contributed by atoms with E-state index in [0.29, 0.717) is 0 Å². The summed E-state index contributed by atoms with van der Waals surface area (Å²) in [4.78, 5) is 14.8. The van der Waals surface area contributed by atoms with E-state index < -0.39 is 17.6 Å². The Morgan fingerprint density at radius 1 is 1.18 bits per heavy atom. The van der Waals surface area contributed by atoms with Crippen molar-refractivity contribution < 1.29 is 18.7 Å². The van der Waals surface area contributed by atoms with Crippen molar-refractivity contribution in [3.05, 3.63) is 53.7 Å². The number of pyridine rings is 1. The Hall–Kier alpha value is -2.30. The molecule has 0 unspecified atom stereocenters. The van der Waals surface area contributed by atoms with E-state index in [4.69, 9.17) is 5.11 Å². The standard InChI is InChI=1S/C12H7F2NO2/c13-9-4-3-7(6-10(9)14)11-8(12(16)17)2-1-5-15-11/h1-6H,(H,16,17). The van der Waals surface area contributed by atoms with Gasteiger partial charge in [0.1, 0.15) is 0 Å². The van der Waals surface area contributed by atoms with Crippen molar-refractivity contribution in [1.82, 2.24) is 4.98 Å². The lowest BCUT2D eigenvalue weighted by Gasteiger charge is -2.05. The van der Waals surface area contributed by atoms with Crippen LogP contribution >= 0.6 is 0 Å². The van der Waals surface area contributed by atoms with E-state index in [2.05, 4.69) is 4.98 Å². The third-order valence-corrected chi connectivity index (χ3v) is 2.23. The van der Waals surface area contributed by atoms with Gasteiger partial charge >= 0.3 is 5.97 Å². The van der Waals surface area contributed by atoms with E-state index in [1.54, 1.807) is 0 Å². The molecule has 0 aliphatic carbocycles. The van der Waals surface area contributed by atoms with Crippen LogP contribution in [-0.2, 0) is 0 Å². The second kappa shape index (κ2) is 4.29. The zero-order valence-electron chi connectivity index (χ0n) is 8.52. The van der Waals surface area contributed by atoms with Crippen LogP contribution < -0.4 is 0 Å². The lowest BCUT2D eigenvalue weighted by Crippen LogP contribution is -2.01. The highest BCUT2D eigenvalue weighted by atomic mass is 19.2. The minimum atomic E-state index is -1.17. The number of carboxylic acid groups (broad SMARTS) is 1. The summed E-state index contributed by atoms with van der Waals surface area (Å²) in [6, 6.07) is 5.96. The Morgan fingerprint density at radius 3 is 2.59 bits per heavy atom. The maximum absolute atomic E-state index is 13.0. The highest BCUT2D eigenvalue weighted by Gasteiger charge is 2.13. The molecule has 0 saturated heterocycles. The first-order valence-electron chi connectivity index (χ1n) is 4.73. The highest BCUT2D eigenvalue weighted by Crippen LogP contribution is 2.22. The number of carbonyl (C=O) groups is 1. The van der Waals surface area contributed by atoms with Gasteiger partial charge in [-0.05, 0) is 30.3 Å². The first-order valence-corrected chi connectivity index (χ1v) is 4.73. The van der Waals surface area contributed by atoms with Crippen LogP contribution in [0.4, 0.5) is 8.78 Å². The largest absolute Gasteiger partial charge is 0.478 e. The zero-order chi connectivity index (χ0) is 12.4. The Kier molecular flexibility index (Phi) is 2.82. The van der Waals surface area contributed by atoms with Crippen molar-refractivity contribution in [1.29, 1.82) is 0 Å². The van der Waals surface area contributed by atoms with Gasteiger partial charge in [-0.3, -0.25) is 4.98 Å². The molecule has 0 radical (unpaired) electrons. The summed E-state index contributed by atoms with van der Waals surface area (Å²) >= 11 is 0. The Balaban J connectivity index is 2.60. The molecule has 0 aliphatic heterocycles. The molecule has 0 amide bonds. The first-order chi connectivity index (χ1) is 8.09. The van der Waals surface area contributed by atoms with Gasteiger partial charge in [-0.1, -0.05) is 0 Å². The minimum Gasteiger partial charge on any atom is -0.478 e. The van der Waals surface area contributed by atoms with E-state index >= 15 is 0 Å². The molecule has 1 N–H and O–H groups in total. The Morgan fingerprint density at radius 2 is 1.94 bits per heavy atom. The number of rotatable bonds is 2. The van der Waals surface area contributed by atoms with Crippen molar-refractivity contribution in [3.63, 3.8) is 0 Å². The molecule has 1 aromatic carbocycles. The third-order valence-electron chi connectivity index (χ3n) is 2.23. The molecular weight excluding hydrogens is 228 g/mol. The second-order valence-corrected chi connectivity index (χ2v) is 3.33. The van der Waals surface area contributed by atoms with Gasteiger partial charge in [0, 0.05) is 11.8 Å².